The van der Waals surface area contributed by atoms with Crippen LogP contribution < -0.4 is 5.32 Å². The van der Waals surface area contributed by atoms with Gasteiger partial charge in [0, 0.05) is 30.0 Å². The fourth-order valence-corrected chi connectivity index (χ4v) is 10.2. The average molecular weight is 524 g/mol. The van der Waals surface area contributed by atoms with Gasteiger partial charge in [-0.05, 0) is 91.6 Å². The first kappa shape index (κ1) is 28.1. The smallest absolute Gasteiger partial charge is 0.170 e. The lowest BCUT2D eigenvalue weighted by Crippen LogP contribution is -2.70. The molecule has 4 fully saturated rings. The van der Waals surface area contributed by atoms with Crippen LogP contribution >= 0.6 is 0 Å². The number of rotatable bonds is 8. The van der Waals surface area contributed by atoms with Gasteiger partial charge in [-0.25, -0.2) is 0 Å². The second kappa shape index (κ2) is 10.5. The van der Waals surface area contributed by atoms with E-state index in [1.807, 2.05) is 18.2 Å². The van der Waals surface area contributed by atoms with E-state index in [9.17, 15) is 15.0 Å². The van der Waals surface area contributed by atoms with Gasteiger partial charge in [-0.15, -0.1) is 0 Å². The Bertz CT molecular complexity index is 979. The Morgan fingerprint density at radius 3 is 2.42 bits per heavy atom. The summed E-state index contributed by atoms with van der Waals surface area (Å²) in [6.45, 7) is 12.5. The fourth-order valence-electron chi connectivity index (χ4n) is 10.2. The standard InChI is InChI=1S/C34H53NO3/c1-22(2)10-9-11-23(3)27-14-15-28-30-26(21-35-24-12-7-6-8-13-24)31(37)34(38)20-25(36)16-19-33(34,5)29(30)17-18-32(27,28)4/h6-8,12-13,22-23,25-30,35-36,38H,9-11,14-21H2,1-5H3/t23-,25+,26?,27-,28+,29+,30+,32-,33-,34+/m1/s1. The molecule has 0 aliphatic heterocycles. The van der Waals surface area contributed by atoms with E-state index in [2.05, 4.69) is 52.1 Å². The van der Waals surface area contributed by atoms with E-state index in [1.165, 1.54) is 38.5 Å². The van der Waals surface area contributed by atoms with Crippen molar-refractivity contribution < 1.29 is 15.0 Å². The van der Waals surface area contributed by atoms with E-state index in [0.29, 0.717) is 30.7 Å². The highest BCUT2D eigenvalue weighted by Gasteiger charge is 2.70. The second-order valence-corrected chi connectivity index (χ2v) is 14.7. The zero-order valence-electron chi connectivity index (χ0n) is 24.6. The minimum atomic E-state index is -1.43. The molecule has 5 rings (SSSR count). The van der Waals surface area contributed by atoms with Gasteiger partial charge in [-0.1, -0.05) is 72.1 Å². The number of hydrogen-bond donors (Lipinski definition) is 3. The number of hydrogen-bond acceptors (Lipinski definition) is 4. The molecule has 0 radical (unpaired) electrons. The first-order valence-corrected chi connectivity index (χ1v) is 15.7. The van der Waals surface area contributed by atoms with Crippen molar-refractivity contribution in [3.63, 3.8) is 0 Å². The molecule has 3 N–H and O–H groups in total. The van der Waals surface area contributed by atoms with E-state index in [-0.39, 0.29) is 23.5 Å². The minimum Gasteiger partial charge on any atom is -0.393 e. The van der Waals surface area contributed by atoms with Crippen molar-refractivity contribution in [1.82, 2.24) is 0 Å². The van der Waals surface area contributed by atoms with Crippen LogP contribution in [0, 0.1) is 52.3 Å². The number of para-hydroxylation sites is 1. The summed E-state index contributed by atoms with van der Waals surface area (Å²) in [5.41, 5.74) is -0.573. The molecular weight excluding hydrogens is 470 g/mol. The Morgan fingerprint density at radius 1 is 0.974 bits per heavy atom. The van der Waals surface area contributed by atoms with Crippen LogP contribution in [-0.4, -0.2) is 34.2 Å². The normalized spacial score (nSPS) is 43.3. The lowest BCUT2D eigenvalue weighted by Gasteiger charge is -2.65. The molecule has 4 aliphatic carbocycles. The van der Waals surface area contributed by atoms with Crippen molar-refractivity contribution in [2.45, 2.75) is 111 Å². The van der Waals surface area contributed by atoms with Crippen molar-refractivity contribution in [3.05, 3.63) is 30.3 Å². The molecular formula is C34H53NO3. The summed E-state index contributed by atoms with van der Waals surface area (Å²) in [4.78, 5) is 14.4. The van der Waals surface area contributed by atoms with Crippen LogP contribution in [0.1, 0.15) is 98.8 Å². The maximum Gasteiger partial charge on any atom is 0.170 e. The summed E-state index contributed by atoms with van der Waals surface area (Å²) in [5, 5.41) is 26.3. The summed E-state index contributed by atoms with van der Waals surface area (Å²) < 4.78 is 0. The molecule has 4 aliphatic rings. The number of aliphatic hydroxyl groups excluding tert-OH is 1. The van der Waals surface area contributed by atoms with Crippen LogP contribution in [0.4, 0.5) is 5.69 Å². The number of ketones is 1. The number of Topliss-reactive ketones (excluding diaryl/α,β-unsaturated/α-hetero) is 1. The molecule has 1 unspecified atom stereocenters. The highest BCUT2D eigenvalue weighted by atomic mass is 16.3. The van der Waals surface area contributed by atoms with Gasteiger partial charge in [-0.3, -0.25) is 4.79 Å². The van der Waals surface area contributed by atoms with E-state index in [1.54, 1.807) is 0 Å². The van der Waals surface area contributed by atoms with Crippen molar-refractivity contribution in [2.24, 2.45) is 52.3 Å². The molecule has 1 aromatic rings. The van der Waals surface area contributed by atoms with Crippen LogP contribution in [0.2, 0.25) is 0 Å². The summed E-state index contributed by atoms with van der Waals surface area (Å²) in [7, 11) is 0. The summed E-state index contributed by atoms with van der Waals surface area (Å²) in [5.74, 6) is 3.14. The molecule has 4 nitrogen and oxygen atoms in total. The lowest BCUT2D eigenvalue weighted by molar-refractivity contribution is -0.224. The van der Waals surface area contributed by atoms with Gasteiger partial charge in [0.15, 0.2) is 5.78 Å². The zero-order valence-corrected chi connectivity index (χ0v) is 24.6. The molecule has 1 aromatic carbocycles. The Balaban J connectivity index is 1.46. The fraction of sp³-hybridized carbons (Fsp3) is 0.794. The molecule has 212 valence electrons. The largest absolute Gasteiger partial charge is 0.393 e. The quantitative estimate of drug-likeness (QED) is 0.340. The third-order valence-electron chi connectivity index (χ3n) is 12.3. The van der Waals surface area contributed by atoms with Gasteiger partial charge in [0.2, 0.25) is 0 Å². The minimum absolute atomic E-state index is 0.00103. The Hall–Kier alpha value is -1.39. The molecule has 4 saturated carbocycles. The second-order valence-electron chi connectivity index (χ2n) is 14.7. The number of aliphatic hydroxyl groups is 2. The Labute approximate surface area is 231 Å². The summed E-state index contributed by atoms with van der Waals surface area (Å²) >= 11 is 0. The number of carbonyl (C=O) groups excluding carboxylic acids is 1. The van der Waals surface area contributed by atoms with E-state index in [0.717, 1.165) is 36.3 Å². The highest BCUT2D eigenvalue weighted by Crippen LogP contribution is 2.69. The topological polar surface area (TPSA) is 69.6 Å². The predicted molar refractivity (Wildman–Crippen MR) is 155 cm³/mol. The lowest BCUT2D eigenvalue weighted by atomic mass is 9.40. The molecule has 4 heteroatoms. The summed E-state index contributed by atoms with van der Waals surface area (Å²) in [6, 6.07) is 10.2. The number of nitrogens with one attached hydrogen (secondary N) is 1. The Morgan fingerprint density at radius 2 is 1.71 bits per heavy atom. The zero-order chi connectivity index (χ0) is 27.3. The van der Waals surface area contributed by atoms with Gasteiger partial charge < -0.3 is 15.5 Å². The van der Waals surface area contributed by atoms with Crippen LogP contribution in [0.5, 0.6) is 0 Å². The molecule has 38 heavy (non-hydrogen) atoms. The van der Waals surface area contributed by atoms with Crippen LogP contribution in [0.25, 0.3) is 0 Å². The van der Waals surface area contributed by atoms with Gasteiger partial charge in [0.25, 0.3) is 0 Å². The number of benzene rings is 1. The third-order valence-corrected chi connectivity index (χ3v) is 12.3. The van der Waals surface area contributed by atoms with Crippen molar-refractivity contribution in [1.29, 1.82) is 0 Å². The first-order valence-electron chi connectivity index (χ1n) is 15.7. The summed E-state index contributed by atoms with van der Waals surface area (Å²) in [6.07, 6.45) is 9.78. The maximum atomic E-state index is 14.4. The number of carbonyl (C=O) groups is 1. The monoisotopic (exact) mass is 523 g/mol. The molecule has 0 spiro atoms. The molecule has 0 heterocycles. The first-order chi connectivity index (χ1) is 18.0. The molecule has 0 bridgehead atoms. The molecule has 10 atom stereocenters. The van der Waals surface area contributed by atoms with Crippen molar-refractivity contribution >= 4 is 11.5 Å². The Kier molecular flexibility index (Phi) is 7.81. The van der Waals surface area contributed by atoms with E-state index in [4.69, 9.17) is 0 Å². The van der Waals surface area contributed by atoms with Crippen molar-refractivity contribution in [2.75, 3.05) is 11.9 Å². The third kappa shape index (κ3) is 4.56. The molecule has 0 saturated heterocycles. The van der Waals surface area contributed by atoms with E-state index >= 15 is 0 Å². The SMILES string of the molecule is CC(C)CCC[C@@H](C)[C@H]1CC[C@H]2[C@@H]3C(CNc4ccccc4)C(=O)[C@@]4(O)C[C@@H](O)CC[C@]4(C)[C@H]3CC[C@]12C. The maximum absolute atomic E-state index is 14.4. The van der Waals surface area contributed by atoms with Crippen LogP contribution in [-0.2, 0) is 4.79 Å². The van der Waals surface area contributed by atoms with Crippen LogP contribution in [0.15, 0.2) is 30.3 Å². The van der Waals surface area contributed by atoms with Gasteiger partial charge in [-0.2, -0.15) is 0 Å². The predicted octanol–water partition coefficient (Wildman–Crippen LogP) is 7.10. The van der Waals surface area contributed by atoms with Gasteiger partial charge in [0.05, 0.1) is 6.10 Å². The number of anilines is 1. The highest BCUT2D eigenvalue weighted by molar-refractivity contribution is 5.92. The van der Waals surface area contributed by atoms with Crippen molar-refractivity contribution in [3.8, 4) is 0 Å². The van der Waals surface area contributed by atoms with Crippen LogP contribution in [0.3, 0.4) is 0 Å². The molecule has 0 aromatic heterocycles. The van der Waals surface area contributed by atoms with E-state index < -0.39 is 17.1 Å². The van der Waals surface area contributed by atoms with Gasteiger partial charge in [0.1, 0.15) is 5.60 Å². The molecule has 0 amide bonds. The van der Waals surface area contributed by atoms with Gasteiger partial charge >= 0.3 is 0 Å². The average Bonchev–Trinajstić information content (AvgIpc) is 3.23. The number of fused-ring (bicyclic) bond motifs is 5.